The number of rotatable bonds is 21. The van der Waals surface area contributed by atoms with Crippen molar-refractivity contribution < 1.29 is 54.1 Å². The molecule has 2 aliphatic rings. The Balaban J connectivity index is 2.04. The summed E-state index contributed by atoms with van der Waals surface area (Å²) < 4.78 is 19.5. The van der Waals surface area contributed by atoms with Crippen molar-refractivity contribution in [2.75, 3.05) is 0 Å². The minimum absolute atomic E-state index is 0.0411. The summed E-state index contributed by atoms with van der Waals surface area (Å²) in [7, 11) is 0. The van der Waals surface area contributed by atoms with Crippen LogP contribution in [-0.4, -0.2) is 97.2 Å². The molecule has 0 aliphatic carbocycles. The molecule has 0 amide bonds. The smallest absolute Gasteiger partial charge is 0.302 e. The lowest BCUT2D eigenvalue weighted by molar-refractivity contribution is -0.371. The topological polar surface area (TPSA) is 180 Å². The molecule has 0 radical (unpaired) electrons. The van der Waals surface area contributed by atoms with E-state index in [-0.39, 0.29) is 59.7 Å². The fraction of sp³-hybridized carbons (Fsp3) is 0.844. The standard InChI is InChI=1S/C45H78O11/c1-14-35(20-21-36-29(7)41(54-34(12)47)33(11)45(55-36)23-22-26(4)37(56-45)24-28(6)46)19-17-15-16-18-27(5)42(51)44(13,53)43(52)32(10)40(50)31(9)39(49)30(8)38(48)25(2)3/h15-17,19,25-33,35-38,40-42,46,48,50-51,53H,14,18,20-24H2,1-13H3/b16-15+,19-17+. The fourth-order valence-corrected chi connectivity index (χ4v) is 8.81. The molecule has 17 unspecified atom stereocenters. The van der Waals surface area contributed by atoms with Crippen LogP contribution in [0.4, 0.5) is 0 Å². The first-order valence-corrected chi connectivity index (χ1v) is 21.3. The van der Waals surface area contributed by atoms with Crippen LogP contribution >= 0.6 is 0 Å². The Labute approximate surface area is 337 Å². The van der Waals surface area contributed by atoms with Gasteiger partial charge < -0.3 is 39.7 Å². The number of allylic oxidation sites excluding steroid dienone is 4. The molecule has 2 fully saturated rings. The number of Topliss-reactive ketones (excluding diaryl/α,β-unsaturated/α-hetero) is 2. The summed E-state index contributed by atoms with van der Waals surface area (Å²) in [6, 6.07) is 0. The molecule has 11 heteroatoms. The van der Waals surface area contributed by atoms with E-state index in [0.717, 1.165) is 25.7 Å². The summed E-state index contributed by atoms with van der Waals surface area (Å²) in [5, 5.41) is 53.8. The zero-order valence-corrected chi connectivity index (χ0v) is 36.7. The molecular formula is C45H78O11. The lowest BCUT2D eigenvalue weighted by atomic mass is 9.74. The quantitative estimate of drug-likeness (QED) is 0.0646. The van der Waals surface area contributed by atoms with E-state index < -0.39 is 65.3 Å². The van der Waals surface area contributed by atoms with Gasteiger partial charge in [-0.25, -0.2) is 0 Å². The number of aliphatic hydroxyl groups is 5. The van der Waals surface area contributed by atoms with Crippen molar-refractivity contribution in [1.82, 2.24) is 0 Å². The second-order valence-electron chi connectivity index (χ2n) is 18.2. The molecule has 2 rings (SSSR count). The van der Waals surface area contributed by atoms with E-state index in [4.69, 9.17) is 14.2 Å². The van der Waals surface area contributed by atoms with Crippen LogP contribution in [0, 0.1) is 53.3 Å². The molecule has 2 saturated heterocycles. The van der Waals surface area contributed by atoms with E-state index in [1.165, 1.54) is 27.7 Å². The molecule has 1 spiro atoms. The Hall–Kier alpha value is -1.99. The largest absolute Gasteiger partial charge is 0.462 e. The average Bonchev–Trinajstić information content (AvgIpc) is 3.14. The van der Waals surface area contributed by atoms with Crippen molar-refractivity contribution in [2.24, 2.45) is 53.3 Å². The van der Waals surface area contributed by atoms with Gasteiger partial charge in [0.2, 0.25) is 0 Å². The Morgan fingerprint density at radius 1 is 0.893 bits per heavy atom. The van der Waals surface area contributed by atoms with Gasteiger partial charge in [-0.1, -0.05) is 93.5 Å². The normalized spacial score (nSPS) is 32.0. The Bertz CT molecular complexity index is 1310. The molecule has 324 valence electrons. The maximum atomic E-state index is 13.4. The summed E-state index contributed by atoms with van der Waals surface area (Å²) in [4.78, 5) is 38.6. The highest BCUT2D eigenvalue weighted by molar-refractivity contribution is 5.91. The first kappa shape index (κ1) is 50.2. The van der Waals surface area contributed by atoms with Gasteiger partial charge in [-0.3, -0.25) is 14.4 Å². The second kappa shape index (κ2) is 21.9. The van der Waals surface area contributed by atoms with Gasteiger partial charge in [0, 0.05) is 42.9 Å². The van der Waals surface area contributed by atoms with E-state index in [0.29, 0.717) is 19.3 Å². The molecular weight excluding hydrogens is 716 g/mol. The van der Waals surface area contributed by atoms with Crippen LogP contribution in [0.2, 0.25) is 0 Å². The van der Waals surface area contributed by atoms with Gasteiger partial charge in [0.25, 0.3) is 0 Å². The van der Waals surface area contributed by atoms with Crippen LogP contribution in [0.25, 0.3) is 0 Å². The van der Waals surface area contributed by atoms with Gasteiger partial charge in [-0.2, -0.15) is 0 Å². The van der Waals surface area contributed by atoms with Gasteiger partial charge in [0.15, 0.2) is 11.6 Å². The molecule has 0 bridgehead atoms. The summed E-state index contributed by atoms with van der Waals surface area (Å²) in [6.07, 6.45) is 7.90. The third kappa shape index (κ3) is 12.8. The van der Waals surface area contributed by atoms with Crippen LogP contribution < -0.4 is 0 Å². The van der Waals surface area contributed by atoms with Crippen LogP contribution in [0.15, 0.2) is 24.3 Å². The molecule has 11 nitrogen and oxygen atoms in total. The second-order valence-corrected chi connectivity index (χ2v) is 18.2. The molecule has 17 atom stereocenters. The van der Waals surface area contributed by atoms with Gasteiger partial charge in [-0.05, 0) is 76.0 Å². The highest BCUT2D eigenvalue weighted by Crippen LogP contribution is 2.49. The number of carbonyl (C=O) groups excluding carboxylic acids is 3. The number of ether oxygens (including phenoxy) is 3. The third-order valence-corrected chi connectivity index (χ3v) is 13.1. The maximum Gasteiger partial charge on any atom is 0.302 e. The number of aliphatic hydroxyl groups excluding tert-OH is 4. The van der Waals surface area contributed by atoms with Crippen molar-refractivity contribution in [1.29, 1.82) is 0 Å². The predicted octanol–water partition coefficient (Wildman–Crippen LogP) is 6.35. The fourth-order valence-electron chi connectivity index (χ4n) is 8.81. The minimum Gasteiger partial charge on any atom is -0.462 e. The van der Waals surface area contributed by atoms with Gasteiger partial charge in [0.1, 0.15) is 17.5 Å². The molecule has 0 aromatic carbocycles. The van der Waals surface area contributed by atoms with Crippen molar-refractivity contribution in [3.05, 3.63) is 24.3 Å². The van der Waals surface area contributed by atoms with E-state index >= 15 is 0 Å². The van der Waals surface area contributed by atoms with E-state index in [9.17, 15) is 39.9 Å². The molecule has 2 heterocycles. The molecule has 0 saturated carbocycles. The summed E-state index contributed by atoms with van der Waals surface area (Å²) >= 11 is 0. The zero-order valence-electron chi connectivity index (χ0n) is 36.7. The number of ketones is 2. The van der Waals surface area contributed by atoms with Crippen molar-refractivity contribution in [2.45, 2.75) is 189 Å². The zero-order chi connectivity index (χ0) is 42.9. The Morgan fingerprint density at radius 3 is 2.04 bits per heavy atom. The molecule has 56 heavy (non-hydrogen) atoms. The highest BCUT2D eigenvalue weighted by atomic mass is 16.7. The van der Waals surface area contributed by atoms with Crippen molar-refractivity contribution in [3.63, 3.8) is 0 Å². The highest BCUT2D eigenvalue weighted by Gasteiger charge is 2.56. The number of hydrogen-bond donors (Lipinski definition) is 5. The average molecular weight is 795 g/mol. The number of carbonyl (C=O) groups is 3. The van der Waals surface area contributed by atoms with E-state index in [2.05, 4.69) is 26.8 Å². The summed E-state index contributed by atoms with van der Waals surface area (Å²) in [6.45, 7) is 22.7. The van der Waals surface area contributed by atoms with Crippen molar-refractivity contribution in [3.8, 4) is 0 Å². The lowest BCUT2D eigenvalue weighted by Crippen LogP contribution is -2.62. The van der Waals surface area contributed by atoms with Gasteiger partial charge in [0.05, 0.1) is 36.6 Å². The number of hydrogen-bond acceptors (Lipinski definition) is 11. The Kier molecular flexibility index (Phi) is 19.6. The lowest BCUT2D eigenvalue weighted by Gasteiger charge is -2.55. The third-order valence-electron chi connectivity index (χ3n) is 13.1. The van der Waals surface area contributed by atoms with Crippen molar-refractivity contribution >= 4 is 17.5 Å². The van der Waals surface area contributed by atoms with E-state index in [1.54, 1.807) is 34.6 Å². The maximum absolute atomic E-state index is 13.4. The Morgan fingerprint density at radius 2 is 1.48 bits per heavy atom. The van der Waals surface area contributed by atoms with Gasteiger partial charge >= 0.3 is 5.97 Å². The minimum atomic E-state index is -2.16. The SMILES string of the molecule is CCC(/C=C/C=C/CC(C)C(O)C(C)(O)C(=O)C(C)C(O)C(C)C(=O)C(C)C(O)C(C)C)CCC1OC2(CCC(C)C(CC(C)O)O2)C(C)C(OC(C)=O)C1C. The molecule has 2 aliphatic heterocycles. The van der Waals surface area contributed by atoms with E-state index in [1.807, 2.05) is 25.2 Å². The molecule has 0 aromatic rings. The van der Waals surface area contributed by atoms with Crippen LogP contribution in [0.5, 0.6) is 0 Å². The molecule has 5 N–H and O–H groups in total. The summed E-state index contributed by atoms with van der Waals surface area (Å²) in [5.41, 5.74) is -2.16. The monoisotopic (exact) mass is 795 g/mol. The van der Waals surface area contributed by atoms with Crippen LogP contribution in [0.3, 0.4) is 0 Å². The first-order chi connectivity index (χ1) is 25.9. The summed E-state index contributed by atoms with van der Waals surface area (Å²) in [5.74, 6) is -5.51. The first-order valence-electron chi connectivity index (χ1n) is 21.3. The van der Waals surface area contributed by atoms with Crippen LogP contribution in [-0.2, 0) is 28.6 Å². The molecule has 0 aromatic heterocycles. The van der Waals surface area contributed by atoms with Crippen LogP contribution in [0.1, 0.15) is 135 Å². The number of esters is 1. The predicted molar refractivity (Wildman–Crippen MR) is 217 cm³/mol. The van der Waals surface area contributed by atoms with Gasteiger partial charge in [-0.15, -0.1) is 0 Å².